The highest BCUT2D eigenvalue weighted by Crippen LogP contribution is 2.34. The topological polar surface area (TPSA) is 61.4 Å². The number of benzene rings is 2. The van der Waals surface area contributed by atoms with Crippen LogP contribution in [0, 0.1) is 11.2 Å². The summed E-state index contributed by atoms with van der Waals surface area (Å²) in [6.45, 7) is 0. The van der Waals surface area contributed by atoms with Crippen LogP contribution in [0.2, 0.25) is 0 Å². The zero-order valence-corrected chi connectivity index (χ0v) is 13.2. The average Bonchev–Trinajstić information content (AvgIpc) is 3.11. The summed E-state index contributed by atoms with van der Waals surface area (Å²) in [5, 5.41) is 18.6. The van der Waals surface area contributed by atoms with E-state index < -0.39 is 0 Å². The molecule has 3 aromatic rings. The molecule has 0 radical (unpaired) electrons. The summed E-state index contributed by atoms with van der Waals surface area (Å²) in [6.07, 6.45) is 3.56. The van der Waals surface area contributed by atoms with E-state index >= 15 is 0 Å². The molecule has 2 heterocycles. The van der Waals surface area contributed by atoms with Gasteiger partial charge in [-0.3, -0.25) is 15.0 Å². The van der Waals surface area contributed by atoms with Gasteiger partial charge in [0.2, 0.25) is 5.88 Å². The third-order valence-electron chi connectivity index (χ3n) is 3.77. The van der Waals surface area contributed by atoms with Crippen LogP contribution < -0.4 is 4.80 Å². The molecule has 0 saturated carbocycles. The number of rotatable bonds is 2. The first kappa shape index (κ1) is 14.6. The van der Waals surface area contributed by atoms with Crippen molar-refractivity contribution in [1.29, 1.82) is 5.41 Å². The van der Waals surface area contributed by atoms with Gasteiger partial charge in [0.15, 0.2) is 4.80 Å². The van der Waals surface area contributed by atoms with Gasteiger partial charge < -0.3 is 5.11 Å². The molecule has 1 aromatic heterocycles. The number of aliphatic imine (C=N–C) groups is 1. The van der Waals surface area contributed by atoms with Crippen LogP contribution in [0.1, 0.15) is 10.4 Å². The molecule has 1 aliphatic rings. The van der Waals surface area contributed by atoms with E-state index in [2.05, 4.69) is 4.99 Å². The smallest absolute Gasteiger partial charge is 0.215 e. The van der Waals surface area contributed by atoms with Gasteiger partial charge in [-0.25, -0.2) is 4.39 Å². The van der Waals surface area contributed by atoms with E-state index in [1.165, 1.54) is 28.8 Å². The average molecular weight is 337 g/mol. The van der Waals surface area contributed by atoms with Gasteiger partial charge in [0.1, 0.15) is 5.82 Å². The van der Waals surface area contributed by atoms with Gasteiger partial charge in [0.25, 0.3) is 0 Å². The van der Waals surface area contributed by atoms with E-state index in [9.17, 15) is 9.50 Å². The molecule has 4 nitrogen and oxygen atoms in total. The van der Waals surface area contributed by atoms with Crippen molar-refractivity contribution in [2.75, 3.05) is 0 Å². The van der Waals surface area contributed by atoms with Crippen LogP contribution in [0.5, 0.6) is 5.88 Å². The van der Waals surface area contributed by atoms with E-state index in [1.54, 1.807) is 6.21 Å². The first-order chi connectivity index (χ1) is 11.6. The van der Waals surface area contributed by atoms with E-state index in [0.717, 1.165) is 28.2 Å². The number of halogens is 1. The molecule has 4 rings (SSSR count). The van der Waals surface area contributed by atoms with Crippen molar-refractivity contribution in [3.8, 4) is 11.6 Å². The maximum atomic E-state index is 13.1. The Kier molecular flexibility index (Phi) is 3.39. The molecular formula is C18H12FN3OS. The normalized spacial score (nSPS) is 14.3. The van der Waals surface area contributed by atoms with Crippen molar-refractivity contribution in [3.63, 3.8) is 0 Å². The molecule has 0 atom stereocenters. The van der Waals surface area contributed by atoms with Crippen molar-refractivity contribution in [2.45, 2.75) is 0 Å². The zero-order chi connectivity index (χ0) is 16.7. The van der Waals surface area contributed by atoms with Crippen LogP contribution in [0.3, 0.4) is 0 Å². The first-order valence-electron chi connectivity index (χ1n) is 7.24. The molecule has 118 valence electrons. The molecule has 0 spiro atoms. The summed E-state index contributed by atoms with van der Waals surface area (Å²) in [6, 6.07) is 13.4. The maximum absolute atomic E-state index is 13.1. The molecule has 0 unspecified atom stereocenters. The number of fused-ring (bicyclic) bond motifs is 1. The van der Waals surface area contributed by atoms with Crippen molar-refractivity contribution in [2.24, 2.45) is 4.99 Å². The Morgan fingerprint density at radius 3 is 2.67 bits per heavy atom. The molecule has 0 aliphatic carbocycles. The molecular weight excluding hydrogens is 325 g/mol. The SMILES string of the molecule is N=c1sc(/C=C2/C=Nc3ccccc32)c(O)n1-c1ccc(F)cc1. The lowest BCUT2D eigenvalue weighted by Crippen LogP contribution is -2.09. The van der Waals surface area contributed by atoms with Crippen LogP contribution in [0.4, 0.5) is 10.1 Å². The Bertz CT molecular complexity index is 1040. The lowest BCUT2D eigenvalue weighted by Gasteiger charge is -2.04. The molecule has 0 saturated heterocycles. The summed E-state index contributed by atoms with van der Waals surface area (Å²) in [4.78, 5) is 5.06. The Balaban J connectivity index is 1.81. The van der Waals surface area contributed by atoms with Gasteiger partial charge >= 0.3 is 0 Å². The predicted molar refractivity (Wildman–Crippen MR) is 93.6 cm³/mol. The predicted octanol–water partition coefficient (Wildman–Crippen LogP) is 4.12. The molecule has 1 aliphatic heterocycles. The summed E-state index contributed by atoms with van der Waals surface area (Å²) in [5.41, 5.74) is 3.30. The van der Waals surface area contributed by atoms with Crippen molar-refractivity contribution in [3.05, 3.63) is 69.6 Å². The standard InChI is InChI=1S/C18H12FN3OS/c19-12-5-7-13(8-6-12)22-17(23)16(24-18(22)20)9-11-10-21-15-4-2-1-3-14(11)15/h1-10,20,23H/b11-9-,20-18?. The van der Waals surface area contributed by atoms with Gasteiger partial charge in [-0.15, -0.1) is 0 Å². The van der Waals surface area contributed by atoms with E-state index in [-0.39, 0.29) is 16.5 Å². The monoisotopic (exact) mass is 337 g/mol. The largest absolute Gasteiger partial charge is 0.493 e. The summed E-state index contributed by atoms with van der Waals surface area (Å²) in [7, 11) is 0. The molecule has 6 heteroatoms. The molecule has 0 fully saturated rings. The maximum Gasteiger partial charge on any atom is 0.215 e. The number of nitrogens with one attached hydrogen (secondary N) is 1. The van der Waals surface area contributed by atoms with Crippen LogP contribution in [0.15, 0.2) is 53.5 Å². The second-order valence-corrected chi connectivity index (χ2v) is 6.31. The highest BCUT2D eigenvalue weighted by atomic mass is 32.1. The van der Waals surface area contributed by atoms with Gasteiger partial charge in [-0.05, 0) is 36.4 Å². The van der Waals surface area contributed by atoms with Crippen LogP contribution in [-0.2, 0) is 0 Å². The highest BCUT2D eigenvalue weighted by molar-refractivity contribution is 7.10. The molecule has 24 heavy (non-hydrogen) atoms. The lowest BCUT2D eigenvalue weighted by atomic mass is 10.1. The molecule has 0 bridgehead atoms. The fraction of sp³-hybridized carbons (Fsp3) is 0. The fourth-order valence-electron chi connectivity index (χ4n) is 2.62. The first-order valence-corrected chi connectivity index (χ1v) is 8.05. The number of thiazole rings is 1. The number of aromatic nitrogens is 1. The summed E-state index contributed by atoms with van der Waals surface area (Å²) in [5.74, 6) is -0.399. The number of para-hydroxylation sites is 1. The van der Waals surface area contributed by atoms with Crippen molar-refractivity contribution in [1.82, 2.24) is 4.57 Å². The molecule has 2 aromatic carbocycles. The van der Waals surface area contributed by atoms with Gasteiger partial charge in [-0.2, -0.15) is 0 Å². The van der Waals surface area contributed by atoms with Crippen LogP contribution in [-0.4, -0.2) is 15.9 Å². The third kappa shape index (κ3) is 2.37. The Labute approximate surface area is 141 Å². The zero-order valence-electron chi connectivity index (χ0n) is 12.4. The van der Waals surface area contributed by atoms with Gasteiger partial charge in [0.05, 0.1) is 16.3 Å². The second-order valence-electron chi connectivity index (χ2n) is 5.28. The minimum atomic E-state index is -0.360. The van der Waals surface area contributed by atoms with Gasteiger partial charge in [-0.1, -0.05) is 29.5 Å². The second kappa shape index (κ2) is 5.58. The number of hydrogen-bond acceptors (Lipinski definition) is 4. The lowest BCUT2D eigenvalue weighted by molar-refractivity contribution is 0.438. The number of hydrogen-bond donors (Lipinski definition) is 2. The quantitative estimate of drug-likeness (QED) is 0.726. The van der Waals surface area contributed by atoms with E-state index in [0.29, 0.717) is 10.6 Å². The van der Waals surface area contributed by atoms with Crippen LogP contribution >= 0.6 is 11.3 Å². The van der Waals surface area contributed by atoms with E-state index in [1.807, 2.05) is 30.3 Å². The number of aromatic hydroxyl groups is 1. The number of nitrogens with zero attached hydrogens (tertiary/aromatic N) is 2. The summed E-state index contributed by atoms with van der Waals surface area (Å²) < 4.78 is 14.5. The van der Waals surface area contributed by atoms with Crippen molar-refractivity contribution < 1.29 is 9.50 Å². The summed E-state index contributed by atoms with van der Waals surface area (Å²) >= 11 is 1.15. The van der Waals surface area contributed by atoms with E-state index in [4.69, 9.17) is 5.41 Å². The Hall–Kier alpha value is -2.99. The Morgan fingerprint density at radius 2 is 1.88 bits per heavy atom. The molecule has 2 N–H and O–H groups in total. The minimum Gasteiger partial charge on any atom is -0.493 e. The van der Waals surface area contributed by atoms with Crippen LogP contribution in [0.25, 0.3) is 17.3 Å². The van der Waals surface area contributed by atoms with Crippen molar-refractivity contribution >= 4 is 34.9 Å². The Morgan fingerprint density at radius 1 is 1.12 bits per heavy atom. The third-order valence-corrected chi connectivity index (χ3v) is 4.67. The highest BCUT2D eigenvalue weighted by Gasteiger charge is 2.16. The fourth-order valence-corrected chi connectivity index (χ4v) is 3.48. The minimum absolute atomic E-state index is 0.0399. The molecule has 0 amide bonds. The number of allylic oxidation sites excluding steroid dienone is 1. The van der Waals surface area contributed by atoms with Gasteiger partial charge in [0, 0.05) is 17.4 Å².